The quantitative estimate of drug-likeness (QED) is 0.186. The molecule has 3 nitrogen and oxygen atoms in total. The molecular formula is C50H33N3. The van der Waals surface area contributed by atoms with E-state index in [1.165, 1.54) is 38.9 Å². The molecule has 0 amide bonds. The number of nitrogens with zero attached hydrogens (tertiary/aromatic N) is 3. The van der Waals surface area contributed by atoms with Crippen LogP contribution in [0.2, 0.25) is 0 Å². The fourth-order valence-corrected chi connectivity index (χ4v) is 9.55. The van der Waals surface area contributed by atoms with Gasteiger partial charge in [0.25, 0.3) is 0 Å². The lowest BCUT2D eigenvalue weighted by Gasteiger charge is -2.36. The molecule has 1 spiro atoms. The number of rotatable bonds is 4. The highest BCUT2D eigenvalue weighted by molar-refractivity contribution is 6.04. The predicted molar refractivity (Wildman–Crippen MR) is 215 cm³/mol. The van der Waals surface area contributed by atoms with Gasteiger partial charge in [0.2, 0.25) is 0 Å². The zero-order valence-electron chi connectivity index (χ0n) is 28.9. The molecule has 0 aliphatic heterocycles. The molecule has 3 heteroatoms. The Labute approximate surface area is 308 Å². The summed E-state index contributed by atoms with van der Waals surface area (Å²) in [5, 5.41) is 2.27. The highest BCUT2D eigenvalue weighted by atomic mass is 15.0. The molecule has 8 aromatic rings. The van der Waals surface area contributed by atoms with Crippen LogP contribution in [0.15, 0.2) is 188 Å². The molecule has 0 N–H and O–H groups in total. The van der Waals surface area contributed by atoms with E-state index in [2.05, 4.69) is 152 Å². The summed E-state index contributed by atoms with van der Waals surface area (Å²) in [5.41, 5.74) is 13.2. The van der Waals surface area contributed by atoms with Crippen LogP contribution in [-0.4, -0.2) is 15.0 Å². The van der Waals surface area contributed by atoms with Gasteiger partial charge in [0, 0.05) is 28.5 Å². The maximum Gasteiger partial charge on any atom is 0.165 e. The molecule has 1 aromatic heterocycles. The van der Waals surface area contributed by atoms with Crippen molar-refractivity contribution in [1.82, 2.24) is 15.0 Å². The Morgan fingerprint density at radius 1 is 0.396 bits per heavy atom. The number of hydrogen-bond donors (Lipinski definition) is 0. The van der Waals surface area contributed by atoms with Gasteiger partial charge in [-0.1, -0.05) is 188 Å². The molecule has 2 unspecified atom stereocenters. The van der Waals surface area contributed by atoms with Crippen molar-refractivity contribution in [2.75, 3.05) is 0 Å². The highest BCUT2D eigenvalue weighted by Gasteiger charge is 2.57. The van der Waals surface area contributed by atoms with E-state index >= 15 is 0 Å². The number of aromatic nitrogens is 3. The molecule has 0 bridgehead atoms. The van der Waals surface area contributed by atoms with Crippen molar-refractivity contribution < 1.29 is 0 Å². The van der Waals surface area contributed by atoms with Crippen LogP contribution >= 0.6 is 0 Å². The van der Waals surface area contributed by atoms with E-state index in [4.69, 9.17) is 15.0 Å². The van der Waals surface area contributed by atoms with Crippen LogP contribution < -0.4 is 0 Å². The second-order valence-electron chi connectivity index (χ2n) is 14.2. The Kier molecular flexibility index (Phi) is 6.59. The summed E-state index contributed by atoms with van der Waals surface area (Å²) in [6, 6.07) is 58.7. The van der Waals surface area contributed by atoms with Gasteiger partial charge in [-0.05, 0) is 55.3 Å². The van der Waals surface area contributed by atoms with Crippen LogP contribution in [0.1, 0.15) is 28.2 Å². The van der Waals surface area contributed by atoms with Crippen molar-refractivity contribution in [1.29, 1.82) is 0 Å². The van der Waals surface area contributed by atoms with Gasteiger partial charge in [0.05, 0.1) is 5.41 Å². The minimum absolute atomic E-state index is 0.183. The third-order valence-electron chi connectivity index (χ3n) is 11.6. The van der Waals surface area contributed by atoms with Gasteiger partial charge in [-0.3, -0.25) is 0 Å². The minimum atomic E-state index is -0.310. The van der Waals surface area contributed by atoms with E-state index in [0.29, 0.717) is 17.5 Å². The summed E-state index contributed by atoms with van der Waals surface area (Å²) in [6.45, 7) is 0. The largest absolute Gasteiger partial charge is 0.208 e. The summed E-state index contributed by atoms with van der Waals surface area (Å²) in [5.74, 6) is 2.39. The predicted octanol–water partition coefficient (Wildman–Crippen LogP) is 11.8. The van der Waals surface area contributed by atoms with E-state index in [-0.39, 0.29) is 17.3 Å². The van der Waals surface area contributed by atoms with Crippen molar-refractivity contribution in [2.24, 2.45) is 5.92 Å². The second kappa shape index (κ2) is 11.7. The summed E-state index contributed by atoms with van der Waals surface area (Å²) < 4.78 is 0. The van der Waals surface area contributed by atoms with E-state index in [0.717, 1.165) is 33.0 Å². The third kappa shape index (κ3) is 4.31. The van der Waals surface area contributed by atoms with Gasteiger partial charge in [0.1, 0.15) is 0 Å². The molecule has 53 heavy (non-hydrogen) atoms. The molecule has 0 radical (unpaired) electrons. The van der Waals surface area contributed by atoms with E-state index in [1.807, 2.05) is 36.4 Å². The number of fused-ring (bicyclic) bond motifs is 11. The van der Waals surface area contributed by atoms with Crippen LogP contribution in [0.5, 0.6) is 0 Å². The Hall–Kier alpha value is -6.71. The maximum absolute atomic E-state index is 5.29. The average Bonchev–Trinajstić information content (AvgIpc) is 3.71. The van der Waals surface area contributed by atoms with E-state index < -0.39 is 0 Å². The first-order valence-corrected chi connectivity index (χ1v) is 18.4. The highest BCUT2D eigenvalue weighted by Crippen LogP contribution is 2.66. The smallest absolute Gasteiger partial charge is 0.165 e. The molecule has 2 atom stereocenters. The molecule has 0 saturated carbocycles. The van der Waals surface area contributed by atoms with Gasteiger partial charge in [-0.2, -0.15) is 0 Å². The summed E-state index contributed by atoms with van der Waals surface area (Å²) >= 11 is 0. The first kappa shape index (κ1) is 30.0. The third-order valence-corrected chi connectivity index (χ3v) is 11.6. The van der Waals surface area contributed by atoms with Gasteiger partial charge >= 0.3 is 0 Å². The lowest BCUT2D eigenvalue weighted by atomic mass is 9.65. The molecular weight excluding hydrogens is 643 g/mol. The SMILES string of the molecule is C1=CC2c3c(-c4ccc5ccccc5c4-c4nc(-c5ccccc5)nc(-c5ccccc5)n4)cccc3C3(c4ccccc4-c4ccccc43)C2C=C1. The van der Waals surface area contributed by atoms with Crippen LogP contribution in [0.4, 0.5) is 0 Å². The fourth-order valence-electron chi connectivity index (χ4n) is 9.55. The number of benzene rings is 7. The van der Waals surface area contributed by atoms with E-state index in [1.54, 1.807) is 0 Å². The van der Waals surface area contributed by atoms with Crippen molar-refractivity contribution in [3.8, 4) is 56.4 Å². The summed E-state index contributed by atoms with van der Waals surface area (Å²) in [6.07, 6.45) is 9.37. The summed E-state index contributed by atoms with van der Waals surface area (Å²) in [7, 11) is 0. The lowest BCUT2D eigenvalue weighted by molar-refractivity contribution is 0.465. The number of allylic oxidation sites excluding steroid dienone is 4. The lowest BCUT2D eigenvalue weighted by Crippen LogP contribution is -2.32. The van der Waals surface area contributed by atoms with E-state index in [9.17, 15) is 0 Å². The van der Waals surface area contributed by atoms with Gasteiger partial charge in [-0.15, -0.1) is 0 Å². The van der Waals surface area contributed by atoms with Gasteiger partial charge in [-0.25, -0.2) is 15.0 Å². The first-order valence-electron chi connectivity index (χ1n) is 18.4. The molecule has 0 saturated heterocycles. The van der Waals surface area contributed by atoms with Crippen LogP contribution in [0, 0.1) is 5.92 Å². The van der Waals surface area contributed by atoms with Crippen molar-refractivity contribution in [2.45, 2.75) is 11.3 Å². The fraction of sp³-hybridized carbons (Fsp3) is 0.0600. The van der Waals surface area contributed by atoms with Gasteiger partial charge in [0.15, 0.2) is 17.5 Å². The van der Waals surface area contributed by atoms with Crippen LogP contribution in [0.25, 0.3) is 67.2 Å². The second-order valence-corrected chi connectivity index (χ2v) is 14.2. The zero-order chi connectivity index (χ0) is 34.9. The molecule has 3 aliphatic rings. The molecule has 3 aliphatic carbocycles. The number of hydrogen-bond acceptors (Lipinski definition) is 3. The molecule has 0 fully saturated rings. The Morgan fingerprint density at radius 2 is 0.943 bits per heavy atom. The summed E-state index contributed by atoms with van der Waals surface area (Å²) in [4.78, 5) is 15.6. The molecule has 7 aromatic carbocycles. The molecule has 1 heterocycles. The first-order chi connectivity index (χ1) is 26.3. The topological polar surface area (TPSA) is 38.7 Å². The standard InChI is InChI=1S/C50H33N3/c1-3-17-33(18-4-1)47-51-48(34-19-5-2-6-20-34)53-49(52-47)46-35-21-8-7-16-32(35)30-31-39(46)38-25-15-29-44-45(38)40-24-11-14-28-43(40)50(44)41-26-12-9-22-36(41)37-23-10-13-27-42(37)50/h1-31,40,43H. The van der Waals surface area contributed by atoms with Crippen molar-refractivity contribution in [3.05, 3.63) is 210 Å². The van der Waals surface area contributed by atoms with Crippen LogP contribution in [0.3, 0.4) is 0 Å². The van der Waals surface area contributed by atoms with Crippen molar-refractivity contribution >= 4 is 10.8 Å². The normalized spacial score (nSPS) is 17.1. The maximum atomic E-state index is 5.29. The molecule has 11 rings (SSSR count). The minimum Gasteiger partial charge on any atom is -0.208 e. The zero-order valence-corrected chi connectivity index (χ0v) is 28.9. The molecule has 248 valence electrons. The Morgan fingerprint density at radius 3 is 1.64 bits per heavy atom. The average molecular weight is 676 g/mol. The Balaban J connectivity index is 1.22. The Bertz CT molecular complexity index is 2690. The van der Waals surface area contributed by atoms with Crippen LogP contribution in [-0.2, 0) is 5.41 Å². The van der Waals surface area contributed by atoms with Gasteiger partial charge < -0.3 is 0 Å². The monoisotopic (exact) mass is 675 g/mol. The van der Waals surface area contributed by atoms with Crippen molar-refractivity contribution in [3.63, 3.8) is 0 Å².